The van der Waals surface area contributed by atoms with Crippen molar-refractivity contribution in [3.05, 3.63) is 40.7 Å². The molecule has 4 nitrogen and oxygen atoms in total. The van der Waals surface area contributed by atoms with Crippen molar-refractivity contribution in [1.29, 1.82) is 0 Å². The van der Waals surface area contributed by atoms with Crippen molar-refractivity contribution in [3.8, 4) is 0 Å². The van der Waals surface area contributed by atoms with E-state index in [0.29, 0.717) is 4.77 Å². The van der Waals surface area contributed by atoms with E-state index in [9.17, 15) is 0 Å². The Kier molecular flexibility index (Phi) is 3.11. The van der Waals surface area contributed by atoms with Crippen LogP contribution in [0.2, 0.25) is 0 Å². The quantitative estimate of drug-likeness (QED) is 0.831. The van der Waals surface area contributed by atoms with Gasteiger partial charge in [0.1, 0.15) is 5.82 Å². The maximum absolute atomic E-state index is 5.27. The summed E-state index contributed by atoms with van der Waals surface area (Å²) in [5.41, 5.74) is 1.06. The van der Waals surface area contributed by atoms with E-state index < -0.39 is 0 Å². The first-order valence-corrected chi connectivity index (χ1v) is 5.95. The standard InChI is InChI=1S/C12H16N4S/c1-12(2,3)16-10(14-15-11(16)17)7-9-5-4-6-13-8-9/h4-6,8H,7H2,1-3H3,(H,15,17). The van der Waals surface area contributed by atoms with Gasteiger partial charge in [-0.15, -0.1) is 0 Å². The van der Waals surface area contributed by atoms with E-state index in [2.05, 4.69) is 40.5 Å². The average molecular weight is 248 g/mol. The first kappa shape index (κ1) is 12.0. The lowest BCUT2D eigenvalue weighted by Gasteiger charge is -2.22. The second kappa shape index (κ2) is 4.41. The zero-order chi connectivity index (χ0) is 12.5. The van der Waals surface area contributed by atoms with E-state index in [1.54, 1.807) is 6.20 Å². The van der Waals surface area contributed by atoms with Crippen LogP contribution in [0, 0.1) is 4.77 Å². The second-order valence-corrected chi connectivity index (χ2v) is 5.38. The molecule has 0 aliphatic carbocycles. The van der Waals surface area contributed by atoms with Crippen LogP contribution < -0.4 is 0 Å². The predicted octanol–water partition coefficient (Wildman–Crippen LogP) is 2.68. The van der Waals surface area contributed by atoms with Gasteiger partial charge in [-0.1, -0.05) is 6.07 Å². The Morgan fingerprint density at radius 2 is 2.18 bits per heavy atom. The highest BCUT2D eigenvalue weighted by atomic mass is 32.1. The van der Waals surface area contributed by atoms with Crippen molar-refractivity contribution in [2.24, 2.45) is 0 Å². The van der Waals surface area contributed by atoms with E-state index in [1.807, 2.05) is 18.3 Å². The Balaban J connectivity index is 2.38. The van der Waals surface area contributed by atoms with Crippen LogP contribution in [0.25, 0.3) is 0 Å². The molecular weight excluding hydrogens is 232 g/mol. The third kappa shape index (κ3) is 2.61. The van der Waals surface area contributed by atoms with Gasteiger partial charge in [-0.2, -0.15) is 5.10 Å². The van der Waals surface area contributed by atoms with Crippen LogP contribution in [-0.4, -0.2) is 19.7 Å². The molecule has 0 aliphatic rings. The molecule has 0 fully saturated rings. The van der Waals surface area contributed by atoms with Crippen LogP contribution in [0.5, 0.6) is 0 Å². The lowest BCUT2D eigenvalue weighted by atomic mass is 10.1. The number of pyridine rings is 1. The molecule has 0 bridgehead atoms. The number of H-pyrrole nitrogens is 1. The molecule has 2 aromatic rings. The van der Waals surface area contributed by atoms with Crippen LogP contribution in [0.4, 0.5) is 0 Å². The summed E-state index contributed by atoms with van der Waals surface area (Å²) < 4.78 is 2.71. The van der Waals surface area contributed by atoms with Crippen LogP contribution in [0.1, 0.15) is 32.2 Å². The lowest BCUT2D eigenvalue weighted by Crippen LogP contribution is -2.24. The third-order valence-corrected chi connectivity index (χ3v) is 2.77. The van der Waals surface area contributed by atoms with Gasteiger partial charge in [-0.3, -0.25) is 14.6 Å². The van der Waals surface area contributed by atoms with Crippen LogP contribution in [-0.2, 0) is 12.0 Å². The van der Waals surface area contributed by atoms with Gasteiger partial charge < -0.3 is 0 Å². The molecule has 0 amide bonds. The maximum Gasteiger partial charge on any atom is 0.195 e. The van der Waals surface area contributed by atoms with Gasteiger partial charge in [0.2, 0.25) is 0 Å². The minimum absolute atomic E-state index is 0.0678. The normalized spacial score (nSPS) is 11.7. The summed E-state index contributed by atoms with van der Waals surface area (Å²) in [5.74, 6) is 0.940. The summed E-state index contributed by atoms with van der Waals surface area (Å²) in [6.45, 7) is 6.35. The first-order chi connectivity index (χ1) is 7.98. The molecule has 0 radical (unpaired) electrons. The van der Waals surface area contributed by atoms with Crippen molar-refractivity contribution >= 4 is 12.2 Å². The van der Waals surface area contributed by atoms with Gasteiger partial charge in [-0.05, 0) is 44.6 Å². The summed E-state index contributed by atoms with van der Waals surface area (Å²) in [4.78, 5) is 4.11. The monoisotopic (exact) mass is 248 g/mol. The summed E-state index contributed by atoms with van der Waals surface area (Å²) in [7, 11) is 0. The van der Waals surface area contributed by atoms with Crippen LogP contribution in [0.3, 0.4) is 0 Å². The molecular formula is C12H16N4S. The summed E-state index contributed by atoms with van der Waals surface area (Å²) in [5, 5.41) is 7.15. The number of hydrogen-bond acceptors (Lipinski definition) is 3. The molecule has 90 valence electrons. The van der Waals surface area contributed by atoms with Crippen molar-refractivity contribution in [3.63, 3.8) is 0 Å². The molecule has 0 unspecified atom stereocenters. The number of nitrogens with zero attached hydrogens (tertiary/aromatic N) is 3. The number of rotatable bonds is 2. The van der Waals surface area contributed by atoms with Crippen molar-refractivity contribution < 1.29 is 0 Å². The zero-order valence-corrected chi connectivity index (χ0v) is 11.1. The molecule has 0 saturated heterocycles. The van der Waals surface area contributed by atoms with Crippen molar-refractivity contribution in [1.82, 2.24) is 19.7 Å². The molecule has 5 heteroatoms. The molecule has 0 aliphatic heterocycles. The van der Waals surface area contributed by atoms with Crippen molar-refractivity contribution in [2.75, 3.05) is 0 Å². The molecule has 1 N–H and O–H groups in total. The SMILES string of the molecule is CC(C)(C)n1c(Cc2cccnc2)n[nH]c1=S. The van der Waals surface area contributed by atoms with Crippen molar-refractivity contribution in [2.45, 2.75) is 32.7 Å². The lowest BCUT2D eigenvalue weighted by molar-refractivity contribution is 0.380. The topological polar surface area (TPSA) is 46.5 Å². The molecule has 0 atom stereocenters. The molecule has 2 rings (SSSR count). The van der Waals surface area contributed by atoms with Gasteiger partial charge in [0.25, 0.3) is 0 Å². The number of aromatic amines is 1. The Labute approximate surface area is 106 Å². The van der Waals surface area contributed by atoms with E-state index in [1.165, 1.54) is 0 Å². The highest BCUT2D eigenvalue weighted by molar-refractivity contribution is 7.71. The summed E-state index contributed by atoms with van der Waals surface area (Å²) in [6.07, 6.45) is 4.35. The largest absolute Gasteiger partial charge is 0.298 e. The number of nitrogens with one attached hydrogen (secondary N) is 1. The molecule has 0 aromatic carbocycles. The van der Waals surface area contributed by atoms with Crippen LogP contribution >= 0.6 is 12.2 Å². The Morgan fingerprint density at radius 3 is 2.76 bits per heavy atom. The Bertz CT molecular complexity index is 548. The van der Waals surface area contributed by atoms with Gasteiger partial charge in [0.05, 0.1) is 0 Å². The van der Waals surface area contributed by atoms with Crippen LogP contribution in [0.15, 0.2) is 24.5 Å². The second-order valence-electron chi connectivity index (χ2n) is 4.99. The first-order valence-electron chi connectivity index (χ1n) is 5.54. The fourth-order valence-electron chi connectivity index (χ4n) is 1.83. The number of hydrogen-bond donors (Lipinski definition) is 1. The van der Waals surface area contributed by atoms with E-state index >= 15 is 0 Å². The fourth-order valence-corrected chi connectivity index (χ4v) is 2.25. The van der Waals surface area contributed by atoms with E-state index in [-0.39, 0.29) is 5.54 Å². The third-order valence-electron chi connectivity index (χ3n) is 2.50. The minimum atomic E-state index is -0.0678. The van der Waals surface area contributed by atoms with Gasteiger partial charge in [-0.25, -0.2) is 0 Å². The summed E-state index contributed by atoms with van der Waals surface area (Å²) in [6, 6.07) is 3.97. The molecule has 17 heavy (non-hydrogen) atoms. The Morgan fingerprint density at radius 1 is 1.41 bits per heavy atom. The molecule has 0 saturated carbocycles. The highest BCUT2D eigenvalue weighted by Gasteiger charge is 2.19. The zero-order valence-electron chi connectivity index (χ0n) is 10.3. The van der Waals surface area contributed by atoms with E-state index in [4.69, 9.17) is 12.2 Å². The van der Waals surface area contributed by atoms with Gasteiger partial charge in [0, 0.05) is 24.4 Å². The molecule has 2 aromatic heterocycles. The number of aromatic nitrogens is 4. The highest BCUT2D eigenvalue weighted by Crippen LogP contribution is 2.18. The molecule has 2 heterocycles. The minimum Gasteiger partial charge on any atom is -0.298 e. The summed E-state index contributed by atoms with van der Waals surface area (Å²) >= 11 is 5.27. The molecule has 0 spiro atoms. The fraction of sp³-hybridized carbons (Fsp3) is 0.417. The predicted molar refractivity (Wildman–Crippen MR) is 69.5 cm³/mol. The van der Waals surface area contributed by atoms with Gasteiger partial charge >= 0.3 is 0 Å². The Hall–Kier alpha value is -1.49. The van der Waals surface area contributed by atoms with Gasteiger partial charge in [0.15, 0.2) is 4.77 Å². The smallest absolute Gasteiger partial charge is 0.195 e. The van der Waals surface area contributed by atoms with E-state index in [0.717, 1.165) is 17.8 Å². The average Bonchev–Trinajstić information content (AvgIpc) is 2.60. The maximum atomic E-state index is 5.27.